The Morgan fingerprint density at radius 3 is 2.43 bits per heavy atom. The standard InChI is InChI=1S/C29H39FN4O3/c1-20(35)23-8-5-9-26(17-23)31-29(37)32-28-18-27(34(4)21(2)36)15-12-24(28)19-33(3)16-6-7-22-10-13-25(30)14-11-22/h5,8-11,13-14,17,24,27-28H,6-7,12,15-16,18-19H2,1-4H3,(H2,31,32,37)/t24-,27-,28+/m0/s1. The van der Waals surface area contributed by atoms with Crippen molar-refractivity contribution in [2.24, 2.45) is 5.92 Å². The van der Waals surface area contributed by atoms with Crippen LogP contribution in [-0.4, -0.2) is 66.8 Å². The van der Waals surface area contributed by atoms with E-state index in [4.69, 9.17) is 0 Å². The predicted molar refractivity (Wildman–Crippen MR) is 144 cm³/mol. The number of benzene rings is 2. The SMILES string of the molecule is CC(=O)c1cccc(NC(=O)N[C@@H]2C[C@@H](N(C)C(C)=O)CC[C@H]2CN(C)CCCc2ccc(F)cc2)c1. The van der Waals surface area contributed by atoms with Gasteiger partial charge in [0, 0.05) is 43.9 Å². The third-order valence-corrected chi connectivity index (χ3v) is 7.32. The molecule has 2 N–H and O–H groups in total. The van der Waals surface area contributed by atoms with E-state index in [1.807, 2.05) is 19.2 Å². The lowest BCUT2D eigenvalue weighted by Gasteiger charge is -2.41. The fraction of sp³-hybridized carbons (Fsp3) is 0.483. The van der Waals surface area contributed by atoms with Gasteiger partial charge in [0.05, 0.1) is 0 Å². The Hall–Kier alpha value is -3.26. The van der Waals surface area contributed by atoms with Crippen molar-refractivity contribution in [3.63, 3.8) is 0 Å². The van der Waals surface area contributed by atoms with Gasteiger partial charge in [-0.2, -0.15) is 0 Å². The number of Topliss-reactive ketones (excluding diaryl/α,β-unsaturated/α-hetero) is 1. The number of nitrogens with zero attached hydrogens (tertiary/aromatic N) is 2. The number of hydrogen-bond acceptors (Lipinski definition) is 4. The molecule has 3 rings (SSSR count). The molecule has 2 aromatic carbocycles. The summed E-state index contributed by atoms with van der Waals surface area (Å²) in [4.78, 5) is 40.7. The first-order valence-corrected chi connectivity index (χ1v) is 13.0. The summed E-state index contributed by atoms with van der Waals surface area (Å²) in [6.45, 7) is 4.78. The third-order valence-electron chi connectivity index (χ3n) is 7.32. The van der Waals surface area contributed by atoms with E-state index in [-0.39, 0.29) is 41.5 Å². The number of carbonyl (C=O) groups excluding carboxylic acids is 3. The van der Waals surface area contributed by atoms with E-state index >= 15 is 0 Å². The Morgan fingerprint density at radius 1 is 1.03 bits per heavy atom. The number of nitrogens with one attached hydrogen (secondary N) is 2. The lowest BCUT2D eigenvalue weighted by atomic mass is 9.80. The summed E-state index contributed by atoms with van der Waals surface area (Å²) in [6, 6.07) is 13.2. The minimum absolute atomic E-state index is 0.0191. The smallest absolute Gasteiger partial charge is 0.319 e. The van der Waals surface area contributed by atoms with Crippen LogP contribution in [0.2, 0.25) is 0 Å². The number of hydrogen-bond donors (Lipinski definition) is 2. The first-order chi connectivity index (χ1) is 17.6. The normalized spacial score (nSPS) is 19.4. The Balaban J connectivity index is 1.60. The summed E-state index contributed by atoms with van der Waals surface area (Å²) < 4.78 is 13.1. The maximum absolute atomic E-state index is 13.1. The van der Waals surface area contributed by atoms with E-state index < -0.39 is 0 Å². The van der Waals surface area contributed by atoms with E-state index in [0.29, 0.717) is 17.7 Å². The number of rotatable bonds is 10. The molecular formula is C29H39FN4O3. The highest BCUT2D eigenvalue weighted by atomic mass is 19.1. The van der Waals surface area contributed by atoms with Crippen LogP contribution in [0.5, 0.6) is 0 Å². The minimum atomic E-state index is -0.319. The quantitative estimate of drug-likeness (QED) is 0.453. The Morgan fingerprint density at radius 2 is 1.76 bits per heavy atom. The van der Waals surface area contributed by atoms with E-state index in [1.165, 1.54) is 19.1 Å². The van der Waals surface area contributed by atoms with Crippen LogP contribution in [-0.2, 0) is 11.2 Å². The highest BCUT2D eigenvalue weighted by Gasteiger charge is 2.34. The molecule has 200 valence electrons. The summed E-state index contributed by atoms with van der Waals surface area (Å²) in [5, 5.41) is 6.01. The van der Waals surface area contributed by atoms with Crippen molar-refractivity contribution in [1.82, 2.24) is 15.1 Å². The topological polar surface area (TPSA) is 81.8 Å². The van der Waals surface area contributed by atoms with E-state index in [1.54, 1.807) is 36.1 Å². The number of aryl methyl sites for hydroxylation is 1. The van der Waals surface area contributed by atoms with Gasteiger partial charge in [0.15, 0.2) is 5.78 Å². The Bertz CT molecular complexity index is 1080. The van der Waals surface area contributed by atoms with Crippen molar-refractivity contribution in [3.05, 3.63) is 65.5 Å². The molecule has 0 spiro atoms. The summed E-state index contributed by atoms with van der Waals surface area (Å²) >= 11 is 0. The van der Waals surface area contributed by atoms with Crippen LogP contribution in [0.25, 0.3) is 0 Å². The maximum atomic E-state index is 13.1. The van der Waals surface area contributed by atoms with Gasteiger partial charge in [-0.1, -0.05) is 24.3 Å². The van der Waals surface area contributed by atoms with Gasteiger partial charge in [0.25, 0.3) is 0 Å². The number of anilines is 1. The first-order valence-electron chi connectivity index (χ1n) is 13.0. The lowest BCUT2D eigenvalue weighted by molar-refractivity contribution is -0.130. The first kappa shape index (κ1) is 28.3. The lowest BCUT2D eigenvalue weighted by Crippen LogP contribution is -2.53. The minimum Gasteiger partial charge on any atom is -0.343 e. The van der Waals surface area contributed by atoms with Crippen LogP contribution < -0.4 is 10.6 Å². The van der Waals surface area contributed by atoms with Gasteiger partial charge in [0.1, 0.15) is 5.82 Å². The van der Waals surface area contributed by atoms with Gasteiger partial charge < -0.3 is 20.4 Å². The second-order valence-electron chi connectivity index (χ2n) is 10.2. The third kappa shape index (κ3) is 8.67. The van der Waals surface area contributed by atoms with E-state index in [0.717, 1.165) is 44.3 Å². The van der Waals surface area contributed by atoms with Crippen molar-refractivity contribution < 1.29 is 18.8 Å². The summed E-state index contributed by atoms with van der Waals surface area (Å²) in [5.74, 6) is -0.0256. The molecular weight excluding hydrogens is 471 g/mol. The summed E-state index contributed by atoms with van der Waals surface area (Å²) in [6.07, 6.45) is 4.31. The largest absolute Gasteiger partial charge is 0.343 e. The van der Waals surface area contributed by atoms with Crippen molar-refractivity contribution in [2.75, 3.05) is 32.5 Å². The van der Waals surface area contributed by atoms with Crippen molar-refractivity contribution in [2.45, 2.75) is 58.0 Å². The van der Waals surface area contributed by atoms with Crippen molar-refractivity contribution in [1.29, 1.82) is 0 Å². The van der Waals surface area contributed by atoms with Gasteiger partial charge in [0.2, 0.25) is 5.91 Å². The molecule has 8 heteroatoms. The molecule has 0 radical (unpaired) electrons. The van der Waals surface area contributed by atoms with Crippen molar-refractivity contribution in [3.8, 4) is 0 Å². The average molecular weight is 511 g/mol. The second kappa shape index (κ2) is 13.3. The van der Waals surface area contributed by atoms with Crippen LogP contribution in [0.1, 0.15) is 55.5 Å². The zero-order valence-electron chi connectivity index (χ0n) is 22.3. The highest BCUT2D eigenvalue weighted by Crippen LogP contribution is 2.29. The summed E-state index contributed by atoms with van der Waals surface area (Å²) in [7, 11) is 3.90. The van der Waals surface area contributed by atoms with Gasteiger partial charge in [-0.15, -0.1) is 0 Å². The molecule has 0 aliphatic heterocycles. The van der Waals surface area contributed by atoms with Crippen LogP contribution in [0, 0.1) is 11.7 Å². The van der Waals surface area contributed by atoms with Gasteiger partial charge in [-0.25, -0.2) is 9.18 Å². The molecule has 0 unspecified atom stereocenters. The van der Waals surface area contributed by atoms with Gasteiger partial charge in [-0.3, -0.25) is 9.59 Å². The molecule has 1 saturated carbocycles. The molecule has 0 bridgehead atoms. The van der Waals surface area contributed by atoms with Gasteiger partial charge in [-0.05, 0) is 88.4 Å². The fourth-order valence-corrected chi connectivity index (χ4v) is 5.06. The molecule has 3 amide bonds. The van der Waals surface area contributed by atoms with Crippen LogP contribution in [0.15, 0.2) is 48.5 Å². The molecule has 7 nitrogen and oxygen atoms in total. The fourth-order valence-electron chi connectivity index (χ4n) is 5.06. The monoisotopic (exact) mass is 510 g/mol. The van der Waals surface area contributed by atoms with Crippen molar-refractivity contribution >= 4 is 23.4 Å². The molecule has 2 aromatic rings. The number of carbonyl (C=O) groups is 3. The van der Waals surface area contributed by atoms with Crippen LogP contribution >= 0.6 is 0 Å². The van der Waals surface area contributed by atoms with Crippen LogP contribution in [0.3, 0.4) is 0 Å². The molecule has 0 aromatic heterocycles. The maximum Gasteiger partial charge on any atom is 0.319 e. The highest BCUT2D eigenvalue weighted by molar-refractivity contribution is 5.96. The van der Waals surface area contributed by atoms with E-state index in [2.05, 4.69) is 22.6 Å². The number of halogens is 1. The predicted octanol–water partition coefficient (Wildman–Crippen LogP) is 4.73. The number of urea groups is 1. The number of ketones is 1. The Labute approximate surface area is 219 Å². The summed E-state index contributed by atoms with van der Waals surface area (Å²) in [5.41, 5.74) is 2.22. The zero-order valence-corrected chi connectivity index (χ0v) is 22.3. The van der Waals surface area contributed by atoms with Gasteiger partial charge >= 0.3 is 6.03 Å². The van der Waals surface area contributed by atoms with Crippen LogP contribution in [0.4, 0.5) is 14.9 Å². The molecule has 0 saturated heterocycles. The molecule has 1 aliphatic carbocycles. The molecule has 3 atom stereocenters. The van der Waals surface area contributed by atoms with E-state index in [9.17, 15) is 18.8 Å². The molecule has 1 aliphatic rings. The molecule has 1 fully saturated rings. The Kier molecular flexibility index (Phi) is 10.2. The molecule has 37 heavy (non-hydrogen) atoms. The molecule has 0 heterocycles. The number of amides is 3. The zero-order chi connectivity index (χ0) is 26.9. The average Bonchev–Trinajstić information content (AvgIpc) is 2.86. The second-order valence-corrected chi connectivity index (χ2v) is 10.2.